The maximum atomic E-state index is 12.6. The van der Waals surface area contributed by atoms with Crippen molar-refractivity contribution in [1.82, 2.24) is 10.6 Å². The molecular weight excluding hydrogens is 325 g/mol. The van der Waals surface area contributed by atoms with Crippen LogP contribution in [0.5, 0.6) is 0 Å². The Hall–Kier alpha value is -2.09. The van der Waals surface area contributed by atoms with Crippen LogP contribution in [0.3, 0.4) is 0 Å². The number of hydrogen-bond donors (Lipinski definition) is 3. The largest absolute Gasteiger partial charge is 0.416 e. The number of carbonyl (C=O) groups excluding carboxylic acids is 2. The molecule has 0 aliphatic carbocycles. The first-order valence-electron chi connectivity index (χ1n) is 7.67. The molecule has 8 heteroatoms. The Kier molecular flexibility index (Phi) is 5.48. The van der Waals surface area contributed by atoms with Crippen LogP contribution in [0, 0.1) is 0 Å². The highest BCUT2D eigenvalue weighted by atomic mass is 19.4. The molecule has 3 unspecified atom stereocenters. The van der Waals surface area contributed by atoms with Crippen molar-refractivity contribution in [3.8, 4) is 0 Å². The Morgan fingerprint density at radius 1 is 1.38 bits per heavy atom. The van der Waals surface area contributed by atoms with E-state index in [9.17, 15) is 27.9 Å². The molecule has 0 spiro atoms. The zero-order valence-electron chi connectivity index (χ0n) is 13.1. The van der Waals surface area contributed by atoms with E-state index in [2.05, 4.69) is 10.6 Å². The van der Waals surface area contributed by atoms with Crippen molar-refractivity contribution in [1.29, 1.82) is 0 Å². The first-order chi connectivity index (χ1) is 11.2. The summed E-state index contributed by atoms with van der Waals surface area (Å²) in [5.74, 6) is -0.606. The van der Waals surface area contributed by atoms with Gasteiger partial charge in [-0.3, -0.25) is 9.59 Å². The van der Waals surface area contributed by atoms with Crippen LogP contribution in [0.15, 0.2) is 24.3 Å². The highest BCUT2D eigenvalue weighted by molar-refractivity contribution is 5.90. The second-order valence-corrected chi connectivity index (χ2v) is 5.75. The lowest BCUT2D eigenvalue weighted by Gasteiger charge is -2.25. The van der Waals surface area contributed by atoms with Crippen LogP contribution in [0.25, 0.3) is 0 Å². The third-order valence-electron chi connectivity index (χ3n) is 4.04. The Morgan fingerprint density at radius 2 is 2.00 bits per heavy atom. The number of hydrogen-bond acceptors (Lipinski definition) is 3. The monoisotopic (exact) mass is 344 g/mol. The van der Waals surface area contributed by atoms with Gasteiger partial charge in [0.15, 0.2) is 0 Å². The number of aliphatic hydroxyl groups is 1. The van der Waals surface area contributed by atoms with Gasteiger partial charge in [-0.15, -0.1) is 0 Å². The van der Waals surface area contributed by atoms with Crippen molar-refractivity contribution in [2.45, 2.75) is 50.6 Å². The number of alkyl halides is 3. The standard InChI is InChI=1S/C16H19F3N2O3/c1-2-11(21-15(24)12-7-8-13(22)20-12)14(23)9-3-5-10(6-4-9)16(17,18)19/h3-6,11-12,14,23H,2,7-8H2,1H3,(H,20,22)(H,21,24). The summed E-state index contributed by atoms with van der Waals surface area (Å²) in [6.07, 6.45) is -4.54. The number of carbonyl (C=O) groups is 2. The number of aliphatic hydroxyl groups excluding tert-OH is 1. The average molecular weight is 344 g/mol. The molecule has 0 bridgehead atoms. The lowest BCUT2D eigenvalue weighted by Crippen LogP contribution is -2.47. The number of benzene rings is 1. The van der Waals surface area contributed by atoms with Gasteiger partial charge in [0.25, 0.3) is 0 Å². The molecular formula is C16H19F3N2O3. The zero-order valence-corrected chi connectivity index (χ0v) is 13.1. The molecule has 1 saturated heterocycles. The topological polar surface area (TPSA) is 78.4 Å². The third-order valence-corrected chi connectivity index (χ3v) is 4.04. The second kappa shape index (κ2) is 7.21. The highest BCUT2D eigenvalue weighted by Gasteiger charge is 2.32. The van der Waals surface area contributed by atoms with Gasteiger partial charge in [0.2, 0.25) is 11.8 Å². The fourth-order valence-electron chi connectivity index (χ4n) is 2.60. The van der Waals surface area contributed by atoms with E-state index < -0.39 is 35.8 Å². The van der Waals surface area contributed by atoms with Crippen molar-refractivity contribution < 1.29 is 27.9 Å². The number of halogens is 3. The fraction of sp³-hybridized carbons (Fsp3) is 0.500. The Morgan fingerprint density at radius 3 is 2.46 bits per heavy atom. The Balaban J connectivity index is 2.04. The quantitative estimate of drug-likeness (QED) is 0.764. The van der Waals surface area contributed by atoms with Gasteiger partial charge in [-0.05, 0) is 30.5 Å². The van der Waals surface area contributed by atoms with Gasteiger partial charge in [0, 0.05) is 6.42 Å². The van der Waals surface area contributed by atoms with E-state index in [1.54, 1.807) is 6.92 Å². The molecule has 3 atom stereocenters. The molecule has 1 heterocycles. The summed E-state index contributed by atoms with van der Waals surface area (Å²) in [4.78, 5) is 23.2. The smallest absolute Gasteiger partial charge is 0.386 e. The van der Waals surface area contributed by atoms with E-state index in [1.165, 1.54) is 12.1 Å². The van der Waals surface area contributed by atoms with Crippen LogP contribution in [-0.2, 0) is 15.8 Å². The minimum atomic E-state index is -4.44. The lowest BCUT2D eigenvalue weighted by molar-refractivity contribution is -0.137. The summed E-state index contributed by atoms with van der Waals surface area (Å²) < 4.78 is 37.7. The summed E-state index contributed by atoms with van der Waals surface area (Å²) in [6, 6.07) is 2.88. The number of nitrogens with one attached hydrogen (secondary N) is 2. The number of rotatable bonds is 5. The van der Waals surface area contributed by atoms with Crippen LogP contribution < -0.4 is 10.6 Å². The first-order valence-corrected chi connectivity index (χ1v) is 7.67. The zero-order chi connectivity index (χ0) is 17.9. The average Bonchev–Trinajstić information content (AvgIpc) is 2.97. The van der Waals surface area contributed by atoms with Crippen molar-refractivity contribution in [2.24, 2.45) is 0 Å². The normalized spacial score (nSPS) is 20.4. The summed E-state index contributed by atoms with van der Waals surface area (Å²) in [5.41, 5.74) is -0.519. The molecule has 1 aliphatic heterocycles. The maximum absolute atomic E-state index is 12.6. The van der Waals surface area contributed by atoms with Gasteiger partial charge < -0.3 is 15.7 Å². The van der Waals surface area contributed by atoms with Gasteiger partial charge in [0.1, 0.15) is 6.04 Å². The Labute approximate surface area is 137 Å². The molecule has 0 saturated carbocycles. The van der Waals surface area contributed by atoms with Gasteiger partial charge >= 0.3 is 6.18 Å². The van der Waals surface area contributed by atoms with Gasteiger partial charge in [0.05, 0.1) is 17.7 Å². The molecule has 132 valence electrons. The molecule has 1 aromatic carbocycles. The third kappa shape index (κ3) is 4.25. The molecule has 3 N–H and O–H groups in total. The van der Waals surface area contributed by atoms with Crippen LogP contribution in [-0.4, -0.2) is 29.0 Å². The van der Waals surface area contributed by atoms with E-state index in [1.807, 2.05) is 0 Å². The molecule has 1 fully saturated rings. The van der Waals surface area contributed by atoms with Gasteiger partial charge in [-0.2, -0.15) is 13.2 Å². The van der Waals surface area contributed by atoms with E-state index in [0.29, 0.717) is 12.8 Å². The van der Waals surface area contributed by atoms with Gasteiger partial charge in [-0.25, -0.2) is 0 Å². The molecule has 24 heavy (non-hydrogen) atoms. The fourth-order valence-corrected chi connectivity index (χ4v) is 2.60. The maximum Gasteiger partial charge on any atom is 0.416 e. The Bertz CT molecular complexity index is 602. The molecule has 1 aromatic rings. The molecule has 2 rings (SSSR count). The molecule has 1 aliphatic rings. The summed E-state index contributed by atoms with van der Waals surface area (Å²) >= 11 is 0. The minimum absolute atomic E-state index is 0.202. The van der Waals surface area contributed by atoms with Gasteiger partial charge in [-0.1, -0.05) is 19.1 Å². The van der Waals surface area contributed by atoms with Crippen LogP contribution >= 0.6 is 0 Å². The van der Waals surface area contributed by atoms with Crippen molar-refractivity contribution in [2.75, 3.05) is 0 Å². The highest BCUT2D eigenvalue weighted by Crippen LogP contribution is 2.30. The SMILES string of the molecule is CCC(NC(=O)C1CCC(=O)N1)C(O)c1ccc(C(F)(F)F)cc1. The number of amides is 2. The first kappa shape index (κ1) is 18.3. The summed E-state index contributed by atoms with van der Waals surface area (Å²) in [7, 11) is 0. The van der Waals surface area contributed by atoms with Crippen molar-refractivity contribution in [3.05, 3.63) is 35.4 Å². The molecule has 0 aromatic heterocycles. The molecule has 5 nitrogen and oxygen atoms in total. The van der Waals surface area contributed by atoms with Crippen LogP contribution in [0.1, 0.15) is 43.4 Å². The van der Waals surface area contributed by atoms with Crippen LogP contribution in [0.4, 0.5) is 13.2 Å². The van der Waals surface area contributed by atoms with Crippen molar-refractivity contribution >= 4 is 11.8 Å². The predicted octanol–water partition coefficient (Wildman–Crippen LogP) is 1.91. The van der Waals surface area contributed by atoms with Crippen LogP contribution in [0.2, 0.25) is 0 Å². The minimum Gasteiger partial charge on any atom is -0.386 e. The van der Waals surface area contributed by atoms with E-state index in [-0.39, 0.29) is 17.9 Å². The predicted molar refractivity (Wildman–Crippen MR) is 79.8 cm³/mol. The van der Waals surface area contributed by atoms with E-state index in [4.69, 9.17) is 0 Å². The van der Waals surface area contributed by atoms with E-state index >= 15 is 0 Å². The molecule has 2 amide bonds. The molecule has 0 radical (unpaired) electrons. The summed E-state index contributed by atoms with van der Waals surface area (Å²) in [5, 5.41) is 15.5. The van der Waals surface area contributed by atoms with Crippen molar-refractivity contribution in [3.63, 3.8) is 0 Å². The van der Waals surface area contributed by atoms with E-state index in [0.717, 1.165) is 12.1 Å². The summed E-state index contributed by atoms with van der Waals surface area (Å²) in [6.45, 7) is 1.74. The lowest BCUT2D eigenvalue weighted by atomic mass is 9.98. The second-order valence-electron chi connectivity index (χ2n) is 5.75.